The molecule has 3 rings (SSSR count). The summed E-state index contributed by atoms with van der Waals surface area (Å²) in [4.78, 5) is 6.91. The van der Waals surface area contributed by atoms with Crippen LogP contribution in [0.1, 0.15) is 44.1 Å². The Bertz CT molecular complexity index is 555. The smallest absolute Gasteiger partial charge is 0.193 e. The number of halogens is 1. The van der Waals surface area contributed by atoms with Crippen LogP contribution in [-0.2, 0) is 0 Å². The highest BCUT2D eigenvalue weighted by Crippen LogP contribution is 2.47. The van der Waals surface area contributed by atoms with Crippen molar-refractivity contribution in [1.82, 2.24) is 10.2 Å². The summed E-state index contributed by atoms with van der Waals surface area (Å²) in [5.74, 6) is 2.05. The highest BCUT2D eigenvalue weighted by molar-refractivity contribution is 14.0. The molecule has 1 aromatic rings. The van der Waals surface area contributed by atoms with Gasteiger partial charge in [0.2, 0.25) is 0 Å². The van der Waals surface area contributed by atoms with Crippen LogP contribution in [0.15, 0.2) is 29.3 Å². The van der Waals surface area contributed by atoms with E-state index in [0.717, 1.165) is 44.2 Å². The first-order valence-electron chi connectivity index (χ1n) is 9.36. The molecule has 1 spiro atoms. The first kappa shape index (κ1) is 20.3. The number of aryl methyl sites for hydroxylation is 1. The molecule has 4 nitrogen and oxygen atoms in total. The Balaban J connectivity index is 0.00000225. The molecule has 0 bridgehead atoms. The Morgan fingerprint density at radius 1 is 1.20 bits per heavy atom. The van der Waals surface area contributed by atoms with Gasteiger partial charge in [0.1, 0.15) is 5.75 Å². The number of aliphatic imine (C=N–C) groups is 1. The van der Waals surface area contributed by atoms with Crippen LogP contribution in [0.4, 0.5) is 0 Å². The summed E-state index contributed by atoms with van der Waals surface area (Å²) in [5, 5.41) is 3.52. The van der Waals surface area contributed by atoms with Gasteiger partial charge in [0, 0.05) is 26.7 Å². The topological polar surface area (TPSA) is 36.9 Å². The van der Waals surface area contributed by atoms with Crippen LogP contribution in [0.2, 0.25) is 0 Å². The average molecular weight is 457 g/mol. The molecule has 1 saturated heterocycles. The lowest BCUT2D eigenvalue weighted by molar-refractivity contribution is 0.151. The molecule has 140 valence electrons. The van der Waals surface area contributed by atoms with Gasteiger partial charge < -0.3 is 15.0 Å². The van der Waals surface area contributed by atoms with E-state index in [4.69, 9.17) is 4.74 Å². The standard InChI is InChI=1S/C20H31N3O.HI/c1-17-6-8-18(9-7-17)24-15-4-3-13-22-19(21-2)23-14-12-20(16-23)10-5-11-20;/h6-9H,3-5,10-16H2,1-2H3,(H,21,22);1H. The highest BCUT2D eigenvalue weighted by atomic mass is 127. The third-order valence-corrected chi connectivity index (χ3v) is 5.51. The number of guanidine groups is 1. The third-order valence-electron chi connectivity index (χ3n) is 5.51. The molecule has 2 aliphatic rings. The van der Waals surface area contributed by atoms with Gasteiger partial charge >= 0.3 is 0 Å². The lowest BCUT2D eigenvalue weighted by Gasteiger charge is -2.38. The number of rotatable bonds is 6. The summed E-state index contributed by atoms with van der Waals surface area (Å²) in [7, 11) is 1.90. The van der Waals surface area contributed by atoms with E-state index in [9.17, 15) is 0 Å². The zero-order chi connectivity index (χ0) is 16.8. The summed E-state index contributed by atoms with van der Waals surface area (Å²) in [5.41, 5.74) is 1.89. The van der Waals surface area contributed by atoms with Crippen molar-refractivity contribution in [2.75, 3.05) is 33.3 Å². The van der Waals surface area contributed by atoms with Crippen LogP contribution in [0.5, 0.6) is 5.75 Å². The number of benzene rings is 1. The molecule has 1 saturated carbocycles. The molecule has 5 heteroatoms. The van der Waals surface area contributed by atoms with Gasteiger partial charge in [-0.1, -0.05) is 24.1 Å². The number of nitrogens with zero attached hydrogens (tertiary/aromatic N) is 2. The van der Waals surface area contributed by atoms with Crippen LogP contribution >= 0.6 is 24.0 Å². The van der Waals surface area contributed by atoms with Crippen molar-refractivity contribution in [1.29, 1.82) is 0 Å². The van der Waals surface area contributed by atoms with Crippen molar-refractivity contribution in [2.24, 2.45) is 10.4 Å². The zero-order valence-electron chi connectivity index (χ0n) is 15.6. The normalized spacial score (nSPS) is 18.6. The molecule has 0 atom stereocenters. The summed E-state index contributed by atoms with van der Waals surface area (Å²) in [6.45, 7) is 6.19. The van der Waals surface area contributed by atoms with Gasteiger partial charge in [-0.05, 0) is 56.6 Å². The maximum Gasteiger partial charge on any atom is 0.193 e. The van der Waals surface area contributed by atoms with E-state index >= 15 is 0 Å². The summed E-state index contributed by atoms with van der Waals surface area (Å²) >= 11 is 0. The molecule has 2 fully saturated rings. The Morgan fingerprint density at radius 3 is 2.56 bits per heavy atom. The fraction of sp³-hybridized carbons (Fsp3) is 0.650. The second-order valence-corrected chi connectivity index (χ2v) is 7.37. The number of hydrogen-bond donors (Lipinski definition) is 1. The van der Waals surface area contributed by atoms with Crippen molar-refractivity contribution in [2.45, 2.75) is 45.4 Å². The number of hydrogen-bond acceptors (Lipinski definition) is 2. The van der Waals surface area contributed by atoms with E-state index in [2.05, 4.69) is 34.3 Å². The molecule has 0 unspecified atom stereocenters. The first-order chi connectivity index (χ1) is 11.7. The van der Waals surface area contributed by atoms with E-state index in [1.54, 1.807) is 0 Å². The molecule has 0 aromatic heterocycles. The van der Waals surface area contributed by atoms with Crippen LogP contribution in [0, 0.1) is 12.3 Å². The van der Waals surface area contributed by atoms with Crippen LogP contribution in [-0.4, -0.2) is 44.1 Å². The maximum atomic E-state index is 5.78. The molecule has 0 radical (unpaired) electrons. The predicted octanol–water partition coefficient (Wildman–Crippen LogP) is 4.22. The minimum atomic E-state index is 0. The van der Waals surface area contributed by atoms with Gasteiger partial charge in [-0.25, -0.2) is 0 Å². The third kappa shape index (κ3) is 5.50. The monoisotopic (exact) mass is 457 g/mol. The van der Waals surface area contributed by atoms with Crippen molar-refractivity contribution in [3.05, 3.63) is 29.8 Å². The van der Waals surface area contributed by atoms with E-state index in [1.165, 1.54) is 37.8 Å². The molecule has 1 heterocycles. The first-order valence-corrected chi connectivity index (χ1v) is 9.36. The van der Waals surface area contributed by atoms with E-state index in [1.807, 2.05) is 19.2 Å². The van der Waals surface area contributed by atoms with Crippen molar-refractivity contribution in [3.8, 4) is 5.75 Å². The largest absolute Gasteiger partial charge is 0.494 e. The van der Waals surface area contributed by atoms with Gasteiger partial charge in [-0.2, -0.15) is 0 Å². The maximum absolute atomic E-state index is 5.78. The van der Waals surface area contributed by atoms with Crippen LogP contribution < -0.4 is 10.1 Å². The number of unbranched alkanes of at least 4 members (excludes halogenated alkanes) is 1. The lowest BCUT2D eigenvalue weighted by atomic mass is 9.68. The zero-order valence-corrected chi connectivity index (χ0v) is 17.9. The Labute approximate surface area is 169 Å². The molecule has 1 aliphatic heterocycles. The molecule has 1 aromatic carbocycles. The Morgan fingerprint density at radius 2 is 1.96 bits per heavy atom. The molecule has 1 N–H and O–H groups in total. The van der Waals surface area contributed by atoms with Gasteiger partial charge in [0.05, 0.1) is 6.61 Å². The van der Waals surface area contributed by atoms with Gasteiger partial charge in [-0.15, -0.1) is 24.0 Å². The van der Waals surface area contributed by atoms with E-state index in [0.29, 0.717) is 5.41 Å². The van der Waals surface area contributed by atoms with Crippen molar-refractivity contribution in [3.63, 3.8) is 0 Å². The summed E-state index contributed by atoms with van der Waals surface area (Å²) < 4.78 is 5.78. The van der Waals surface area contributed by atoms with Crippen LogP contribution in [0.25, 0.3) is 0 Å². The minimum Gasteiger partial charge on any atom is -0.494 e. The molecule has 0 amide bonds. The predicted molar refractivity (Wildman–Crippen MR) is 115 cm³/mol. The number of likely N-dealkylation sites (tertiary alicyclic amines) is 1. The van der Waals surface area contributed by atoms with Crippen molar-refractivity contribution >= 4 is 29.9 Å². The average Bonchev–Trinajstić information content (AvgIpc) is 3.02. The van der Waals surface area contributed by atoms with E-state index < -0.39 is 0 Å². The summed E-state index contributed by atoms with van der Waals surface area (Å²) in [6.07, 6.45) is 7.75. The van der Waals surface area contributed by atoms with Gasteiger partial charge in [0.25, 0.3) is 0 Å². The highest BCUT2D eigenvalue weighted by Gasteiger charge is 2.43. The molecular formula is C20H32IN3O. The SMILES string of the molecule is CN=C(NCCCCOc1ccc(C)cc1)N1CCC2(CCC2)C1.I. The van der Waals surface area contributed by atoms with Crippen LogP contribution in [0.3, 0.4) is 0 Å². The number of nitrogens with one attached hydrogen (secondary N) is 1. The summed E-state index contributed by atoms with van der Waals surface area (Å²) in [6, 6.07) is 8.26. The second kappa shape index (κ2) is 9.64. The van der Waals surface area contributed by atoms with Crippen molar-refractivity contribution < 1.29 is 4.74 Å². The molecule has 25 heavy (non-hydrogen) atoms. The second-order valence-electron chi connectivity index (χ2n) is 7.37. The lowest BCUT2D eigenvalue weighted by Crippen LogP contribution is -2.42. The van der Waals surface area contributed by atoms with E-state index in [-0.39, 0.29) is 24.0 Å². The molecule has 1 aliphatic carbocycles. The minimum absolute atomic E-state index is 0. The van der Waals surface area contributed by atoms with Gasteiger partial charge in [-0.3, -0.25) is 4.99 Å². The van der Waals surface area contributed by atoms with Gasteiger partial charge in [0.15, 0.2) is 5.96 Å². The fourth-order valence-corrected chi connectivity index (χ4v) is 3.78. The number of ether oxygens (including phenoxy) is 1. The fourth-order valence-electron chi connectivity index (χ4n) is 3.78. The Kier molecular flexibility index (Phi) is 7.84. The quantitative estimate of drug-likeness (QED) is 0.301. The molecular weight excluding hydrogens is 425 g/mol. The Hall–Kier alpha value is -0.980.